The normalized spacial score (nSPS) is 10.5. The molecule has 0 radical (unpaired) electrons. The third-order valence-electron chi connectivity index (χ3n) is 2.58. The van der Waals surface area contributed by atoms with Crippen LogP contribution in [0.1, 0.15) is 11.4 Å². The maximum absolute atomic E-state index is 5.89. The lowest BCUT2D eigenvalue weighted by atomic mass is 10.2. The Labute approximate surface area is 105 Å². The molecule has 0 unspecified atom stereocenters. The molecular formula is C12H14ClN3O. The van der Waals surface area contributed by atoms with Crippen molar-refractivity contribution < 1.29 is 4.74 Å². The molecule has 0 fully saturated rings. The number of nitrogens with two attached hydrogens (primary N) is 1. The van der Waals surface area contributed by atoms with Gasteiger partial charge in [-0.2, -0.15) is 0 Å². The first kappa shape index (κ1) is 11.8. The van der Waals surface area contributed by atoms with E-state index in [1.165, 1.54) is 0 Å². The van der Waals surface area contributed by atoms with Gasteiger partial charge >= 0.3 is 0 Å². The minimum Gasteiger partial charge on any atom is -0.485 e. The van der Waals surface area contributed by atoms with E-state index in [9.17, 15) is 0 Å². The molecule has 0 aliphatic carbocycles. The molecule has 5 heteroatoms. The second-order valence-corrected chi connectivity index (χ2v) is 4.26. The predicted octanol–water partition coefficient (Wildman–Crippen LogP) is 2.54. The predicted molar refractivity (Wildman–Crippen MR) is 68.1 cm³/mol. The van der Waals surface area contributed by atoms with Crippen LogP contribution in [0.4, 0.5) is 5.69 Å². The summed E-state index contributed by atoms with van der Waals surface area (Å²) in [6, 6.07) is 5.55. The summed E-state index contributed by atoms with van der Waals surface area (Å²) in [5.41, 5.74) is 7.41. The quantitative estimate of drug-likeness (QED) is 0.853. The third kappa shape index (κ3) is 2.53. The fourth-order valence-corrected chi connectivity index (χ4v) is 1.68. The number of aromatic nitrogens is 2. The van der Waals surface area contributed by atoms with E-state index in [0.717, 1.165) is 22.8 Å². The topological polar surface area (TPSA) is 53.1 Å². The smallest absolute Gasteiger partial charge is 0.147 e. The van der Waals surface area contributed by atoms with Gasteiger partial charge in [0.05, 0.1) is 6.20 Å². The van der Waals surface area contributed by atoms with Crippen LogP contribution in [-0.4, -0.2) is 9.55 Å². The zero-order valence-corrected chi connectivity index (χ0v) is 10.5. The first-order valence-electron chi connectivity index (χ1n) is 5.23. The van der Waals surface area contributed by atoms with E-state index in [2.05, 4.69) is 4.98 Å². The lowest BCUT2D eigenvalue weighted by Gasteiger charge is -2.09. The van der Waals surface area contributed by atoms with E-state index in [1.54, 1.807) is 10.8 Å². The molecule has 1 heterocycles. The van der Waals surface area contributed by atoms with Crippen LogP contribution < -0.4 is 10.5 Å². The number of imidazole rings is 1. The van der Waals surface area contributed by atoms with E-state index in [1.807, 2.05) is 32.2 Å². The van der Waals surface area contributed by atoms with Crippen molar-refractivity contribution in [3.8, 4) is 5.75 Å². The second-order valence-electron chi connectivity index (χ2n) is 3.87. The van der Waals surface area contributed by atoms with Crippen LogP contribution in [0.2, 0.25) is 5.15 Å². The highest BCUT2D eigenvalue weighted by Gasteiger charge is 2.06. The van der Waals surface area contributed by atoms with Crippen LogP contribution in [0.5, 0.6) is 5.75 Å². The highest BCUT2D eigenvalue weighted by Crippen LogP contribution is 2.21. The standard InChI is InChI=1S/C12H14ClN3O/c1-8-5-9(14)3-4-10(8)17-7-12-15-6-11(13)16(12)2/h3-6H,7,14H2,1-2H3. The number of ether oxygens (including phenoxy) is 1. The van der Waals surface area contributed by atoms with Gasteiger partial charge < -0.3 is 15.0 Å². The minimum atomic E-state index is 0.383. The van der Waals surface area contributed by atoms with Crippen LogP contribution in [0, 0.1) is 6.92 Å². The number of aryl methyl sites for hydroxylation is 1. The zero-order valence-electron chi connectivity index (χ0n) is 9.77. The van der Waals surface area contributed by atoms with Crippen molar-refractivity contribution in [2.24, 2.45) is 7.05 Å². The molecule has 1 aromatic heterocycles. The maximum Gasteiger partial charge on any atom is 0.147 e. The minimum absolute atomic E-state index is 0.383. The Morgan fingerprint density at radius 2 is 2.24 bits per heavy atom. The number of anilines is 1. The highest BCUT2D eigenvalue weighted by atomic mass is 35.5. The van der Waals surface area contributed by atoms with Gasteiger partial charge in [0.15, 0.2) is 0 Å². The molecule has 0 spiro atoms. The molecular weight excluding hydrogens is 238 g/mol. The van der Waals surface area contributed by atoms with Crippen LogP contribution in [0.3, 0.4) is 0 Å². The molecule has 0 aliphatic heterocycles. The summed E-state index contributed by atoms with van der Waals surface area (Å²) in [4.78, 5) is 4.16. The molecule has 0 saturated heterocycles. The summed E-state index contributed by atoms with van der Waals surface area (Å²) >= 11 is 5.89. The SMILES string of the molecule is Cc1cc(N)ccc1OCc1ncc(Cl)n1C. The molecule has 2 rings (SSSR count). The van der Waals surface area contributed by atoms with Crippen molar-refractivity contribution in [3.05, 3.63) is 40.9 Å². The maximum atomic E-state index is 5.89. The molecule has 2 N–H and O–H groups in total. The number of benzene rings is 1. The summed E-state index contributed by atoms with van der Waals surface area (Å²) in [7, 11) is 1.85. The molecule has 17 heavy (non-hydrogen) atoms. The van der Waals surface area contributed by atoms with Crippen molar-refractivity contribution >= 4 is 17.3 Å². The fraction of sp³-hybridized carbons (Fsp3) is 0.250. The van der Waals surface area contributed by atoms with Gasteiger partial charge in [-0.25, -0.2) is 4.98 Å². The largest absolute Gasteiger partial charge is 0.485 e. The Morgan fingerprint density at radius 1 is 1.47 bits per heavy atom. The Hall–Kier alpha value is -1.68. The average Bonchev–Trinajstić information content (AvgIpc) is 2.59. The first-order chi connectivity index (χ1) is 8.08. The van der Waals surface area contributed by atoms with Gasteiger partial charge in [-0.15, -0.1) is 0 Å². The van der Waals surface area contributed by atoms with E-state index in [-0.39, 0.29) is 0 Å². The van der Waals surface area contributed by atoms with Gasteiger partial charge in [0.2, 0.25) is 0 Å². The molecule has 2 aromatic rings. The highest BCUT2D eigenvalue weighted by molar-refractivity contribution is 6.29. The number of nitrogens with zero attached hydrogens (tertiary/aromatic N) is 2. The Balaban J connectivity index is 2.10. The summed E-state index contributed by atoms with van der Waals surface area (Å²) in [6.45, 7) is 2.34. The van der Waals surface area contributed by atoms with Crippen LogP contribution in [0.15, 0.2) is 24.4 Å². The molecule has 0 amide bonds. The van der Waals surface area contributed by atoms with Crippen molar-refractivity contribution in [2.45, 2.75) is 13.5 Å². The van der Waals surface area contributed by atoms with Crippen molar-refractivity contribution in [3.63, 3.8) is 0 Å². The Bertz CT molecular complexity index is 537. The number of hydrogen-bond acceptors (Lipinski definition) is 3. The van der Waals surface area contributed by atoms with Crippen LogP contribution >= 0.6 is 11.6 Å². The molecule has 0 atom stereocenters. The third-order valence-corrected chi connectivity index (χ3v) is 2.93. The number of rotatable bonds is 3. The number of halogens is 1. The zero-order chi connectivity index (χ0) is 12.4. The second kappa shape index (κ2) is 4.67. The molecule has 90 valence electrons. The monoisotopic (exact) mass is 251 g/mol. The van der Waals surface area contributed by atoms with Gasteiger partial charge in [0.1, 0.15) is 23.3 Å². The van der Waals surface area contributed by atoms with Gasteiger partial charge in [0, 0.05) is 12.7 Å². The molecule has 4 nitrogen and oxygen atoms in total. The van der Waals surface area contributed by atoms with E-state index in [4.69, 9.17) is 22.1 Å². The van der Waals surface area contributed by atoms with Gasteiger partial charge in [-0.3, -0.25) is 0 Å². The van der Waals surface area contributed by atoms with Crippen LogP contribution in [0.25, 0.3) is 0 Å². The molecule has 0 bridgehead atoms. The van der Waals surface area contributed by atoms with E-state index in [0.29, 0.717) is 11.8 Å². The molecule has 1 aromatic carbocycles. The average molecular weight is 252 g/mol. The van der Waals surface area contributed by atoms with Gasteiger partial charge in [0.25, 0.3) is 0 Å². The van der Waals surface area contributed by atoms with E-state index < -0.39 is 0 Å². The Morgan fingerprint density at radius 3 is 2.82 bits per heavy atom. The summed E-state index contributed by atoms with van der Waals surface area (Å²) in [5, 5.41) is 0.595. The Kier molecular flexibility index (Phi) is 3.24. The first-order valence-corrected chi connectivity index (χ1v) is 5.60. The molecule has 0 aliphatic rings. The van der Waals surface area contributed by atoms with Crippen molar-refractivity contribution in [1.82, 2.24) is 9.55 Å². The van der Waals surface area contributed by atoms with Crippen molar-refractivity contribution in [1.29, 1.82) is 0 Å². The van der Waals surface area contributed by atoms with Gasteiger partial charge in [-0.05, 0) is 30.7 Å². The fourth-order valence-electron chi connectivity index (χ4n) is 1.54. The summed E-state index contributed by atoms with van der Waals surface area (Å²) in [6.07, 6.45) is 1.61. The lowest BCUT2D eigenvalue weighted by Crippen LogP contribution is -2.04. The lowest BCUT2D eigenvalue weighted by molar-refractivity contribution is 0.290. The molecule has 0 saturated carbocycles. The summed E-state index contributed by atoms with van der Waals surface area (Å²) in [5.74, 6) is 1.59. The van der Waals surface area contributed by atoms with Crippen LogP contribution in [-0.2, 0) is 13.7 Å². The van der Waals surface area contributed by atoms with Gasteiger partial charge in [-0.1, -0.05) is 11.6 Å². The number of nitrogen functional groups attached to an aromatic ring is 1. The van der Waals surface area contributed by atoms with Crippen molar-refractivity contribution in [2.75, 3.05) is 5.73 Å². The summed E-state index contributed by atoms with van der Waals surface area (Å²) < 4.78 is 7.46. The van der Waals surface area contributed by atoms with E-state index >= 15 is 0 Å². The number of hydrogen-bond donors (Lipinski definition) is 1.